The van der Waals surface area contributed by atoms with Crippen LogP contribution in [0.3, 0.4) is 0 Å². The molecule has 2 amide bonds. The average molecular weight is 296 g/mol. The number of nitrogens with one attached hydrogen (secondary N) is 2. The van der Waals surface area contributed by atoms with Crippen molar-refractivity contribution in [1.82, 2.24) is 10.6 Å². The molecule has 0 aliphatic heterocycles. The van der Waals surface area contributed by atoms with Crippen molar-refractivity contribution in [2.75, 3.05) is 0 Å². The SMILES string of the molecule is Cc1ccc(CNC(=O)NC2CCCC2(C)C(=O)O)s1. The molecular weight excluding hydrogens is 276 g/mol. The molecule has 0 radical (unpaired) electrons. The Bertz CT molecular complexity index is 514. The number of urea groups is 1. The molecule has 0 saturated heterocycles. The molecule has 20 heavy (non-hydrogen) atoms. The van der Waals surface area contributed by atoms with Gasteiger partial charge in [0, 0.05) is 15.8 Å². The van der Waals surface area contributed by atoms with E-state index in [-0.39, 0.29) is 12.1 Å². The maximum Gasteiger partial charge on any atom is 0.315 e. The zero-order valence-electron chi connectivity index (χ0n) is 11.7. The number of carbonyl (C=O) groups excluding carboxylic acids is 1. The van der Waals surface area contributed by atoms with Gasteiger partial charge in [-0.15, -0.1) is 11.3 Å². The van der Waals surface area contributed by atoms with Gasteiger partial charge in [-0.1, -0.05) is 6.42 Å². The second-order valence-corrected chi connectivity index (χ2v) is 6.88. The van der Waals surface area contributed by atoms with E-state index in [0.717, 1.165) is 11.3 Å². The summed E-state index contributed by atoms with van der Waals surface area (Å²) in [7, 11) is 0. The van der Waals surface area contributed by atoms with Crippen LogP contribution in [-0.2, 0) is 11.3 Å². The summed E-state index contributed by atoms with van der Waals surface area (Å²) >= 11 is 1.64. The van der Waals surface area contributed by atoms with Crippen molar-refractivity contribution in [3.8, 4) is 0 Å². The summed E-state index contributed by atoms with van der Waals surface area (Å²) in [5.74, 6) is -0.839. The Labute approximate surface area is 122 Å². The van der Waals surface area contributed by atoms with Crippen LogP contribution in [0.5, 0.6) is 0 Å². The van der Waals surface area contributed by atoms with Crippen LogP contribution in [0.2, 0.25) is 0 Å². The molecule has 0 bridgehead atoms. The molecule has 3 N–H and O–H groups in total. The van der Waals surface area contributed by atoms with Gasteiger partial charge in [0.15, 0.2) is 0 Å². The molecule has 1 heterocycles. The molecule has 0 aromatic carbocycles. The van der Waals surface area contributed by atoms with Gasteiger partial charge in [0.05, 0.1) is 12.0 Å². The zero-order chi connectivity index (χ0) is 14.8. The molecule has 6 heteroatoms. The minimum absolute atomic E-state index is 0.296. The van der Waals surface area contributed by atoms with Crippen LogP contribution in [0.4, 0.5) is 4.79 Å². The molecule has 110 valence electrons. The van der Waals surface area contributed by atoms with E-state index in [4.69, 9.17) is 0 Å². The molecule has 1 saturated carbocycles. The Hall–Kier alpha value is -1.56. The van der Waals surface area contributed by atoms with Crippen LogP contribution in [-0.4, -0.2) is 23.1 Å². The van der Waals surface area contributed by atoms with E-state index < -0.39 is 11.4 Å². The molecule has 2 unspecified atom stereocenters. The van der Waals surface area contributed by atoms with Crippen molar-refractivity contribution in [3.63, 3.8) is 0 Å². The Balaban J connectivity index is 1.86. The van der Waals surface area contributed by atoms with Crippen LogP contribution < -0.4 is 10.6 Å². The second kappa shape index (κ2) is 5.83. The quantitative estimate of drug-likeness (QED) is 0.798. The fourth-order valence-corrected chi connectivity index (χ4v) is 3.44. The molecule has 1 aromatic rings. The molecule has 1 aromatic heterocycles. The zero-order valence-corrected chi connectivity index (χ0v) is 12.5. The number of aryl methyl sites for hydroxylation is 1. The molecule has 0 spiro atoms. The lowest BCUT2D eigenvalue weighted by atomic mass is 9.85. The molecule has 1 aliphatic rings. The van der Waals surface area contributed by atoms with Gasteiger partial charge < -0.3 is 15.7 Å². The Morgan fingerprint density at radius 1 is 1.50 bits per heavy atom. The second-order valence-electron chi connectivity index (χ2n) is 5.51. The van der Waals surface area contributed by atoms with Crippen LogP contribution in [0, 0.1) is 12.3 Å². The first-order valence-corrected chi connectivity index (χ1v) is 7.56. The number of carboxylic acid groups (broad SMARTS) is 1. The van der Waals surface area contributed by atoms with E-state index in [9.17, 15) is 14.7 Å². The molecule has 5 nitrogen and oxygen atoms in total. The number of hydrogen-bond donors (Lipinski definition) is 3. The first kappa shape index (κ1) is 14.8. The van der Waals surface area contributed by atoms with Gasteiger partial charge in [-0.2, -0.15) is 0 Å². The van der Waals surface area contributed by atoms with Crippen molar-refractivity contribution in [1.29, 1.82) is 0 Å². The standard InChI is InChI=1S/C14H20N2O3S/c1-9-5-6-10(20-9)8-15-13(19)16-11-4-3-7-14(11,2)12(17)18/h5-6,11H,3-4,7-8H2,1-2H3,(H,17,18)(H2,15,16,19). The number of thiophene rings is 1. The van der Waals surface area contributed by atoms with E-state index in [1.54, 1.807) is 18.3 Å². The predicted molar refractivity (Wildman–Crippen MR) is 77.8 cm³/mol. The summed E-state index contributed by atoms with van der Waals surface area (Å²) < 4.78 is 0. The normalized spacial score (nSPS) is 25.4. The molecule has 2 rings (SSSR count). The summed E-state index contributed by atoms with van der Waals surface area (Å²) in [5, 5.41) is 14.9. The number of carbonyl (C=O) groups is 2. The first-order valence-electron chi connectivity index (χ1n) is 6.75. The summed E-state index contributed by atoms with van der Waals surface area (Å²) in [6, 6.07) is 3.40. The Kier molecular flexibility index (Phi) is 4.32. The average Bonchev–Trinajstić information content (AvgIpc) is 2.95. The smallest absolute Gasteiger partial charge is 0.315 e. The number of carboxylic acids is 1. The third kappa shape index (κ3) is 3.12. The monoisotopic (exact) mass is 296 g/mol. The number of rotatable bonds is 4. The van der Waals surface area contributed by atoms with Crippen LogP contribution in [0.1, 0.15) is 35.9 Å². The van der Waals surface area contributed by atoms with Crippen molar-refractivity contribution in [2.45, 2.75) is 45.7 Å². The van der Waals surface area contributed by atoms with Gasteiger partial charge in [0.2, 0.25) is 0 Å². The molecule has 1 fully saturated rings. The lowest BCUT2D eigenvalue weighted by molar-refractivity contribution is -0.148. The minimum atomic E-state index is -0.850. The van der Waals surface area contributed by atoms with Crippen LogP contribution in [0.15, 0.2) is 12.1 Å². The van der Waals surface area contributed by atoms with E-state index in [1.165, 1.54) is 4.88 Å². The highest BCUT2D eigenvalue weighted by Crippen LogP contribution is 2.38. The van der Waals surface area contributed by atoms with Gasteiger partial charge in [-0.25, -0.2) is 4.79 Å². The minimum Gasteiger partial charge on any atom is -0.481 e. The van der Waals surface area contributed by atoms with Gasteiger partial charge in [0.25, 0.3) is 0 Å². The summed E-state index contributed by atoms with van der Waals surface area (Å²) in [6.07, 6.45) is 2.16. The maximum atomic E-state index is 11.9. The van der Waals surface area contributed by atoms with Crippen molar-refractivity contribution in [3.05, 3.63) is 21.9 Å². The largest absolute Gasteiger partial charge is 0.481 e. The van der Waals surface area contributed by atoms with Crippen LogP contribution >= 0.6 is 11.3 Å². The lowest BCUT2D eigenvalue weighted by Crippen LogP contribution is -2.50. The number of aliphatic carboxylic acids is 1. The fraction of sp³-hybridized carbons (Fsp3) is 0.571. The van der Waals surface area contributed by atoms with Crippen molar-refractivity contribution >= 4 is 23.3 Å². The fourth-order valence-electron chi connectivity index (χ4n) is 2.61. The van der Waals surface area contributed by atoms with E-state index in [0.29, 0.717) is 19.4 Å². The van der Waals surface area contributed by atoms with E-state index >= 15 is 0 Å². The molecule has 2 atom stereocenters. The highest BCUT2D eigenvalue weighted by molar-refractivity contribution is 7.11. The van der Waals surface area contributed by atoms with Gasteiger partial charge in [0.1, 0.15) is 0 Å². The molecular formula is C14H20N2O3S. The molecule has 1 aliphatic carbocycles. The summed E-state index contributed by atoms with van der Waals surface area (Å²) in [5.41, 5.74) is -0.850. The van der Waals surface area contributed by atoms with E-state index in [1.807, 2.05) is 19.1 Å². The van der Waals surface area contributed by atoms with Crippen molar-refractivity contribution in [2.24, 2.45) is 5.41 Å². The van der Waals surface area contributed by atoms with Crippen molar-refractivity contribution < 1.29 is 14.7 Å². The first-order chi connectivity index (χ1) is 9.41. The van der Waals surface area contributed by atoms with Gasteiger partial charge >= 0.3 is 12.0 Å². The highest BCUT2D eigenvalue weighted by Gasteiger charge is 2.45. The highest BCUT2D eigenvalue weighted by atomic mass is 32.1. The van der Waals surface area contributed by atoms with Crippen LogP contribution in [0.25, 0.3) is 0 Å². The van der Waals surface area contributed by atoms with Gasteiger partial charge in [-0.3, -0.25) is 4.79 Å². The summed E-state index contributed by atoms with van der Waals surface area (Å²) in [4.78, 5) is 25.5. The maximum absolute atomic E-state index is 11.9. The number of hydrogen-bond acceptors (Lipinski definition) is 3. The van der Waals surface area contributed by atoms with Gasteiger partial charge in [-0.05, 0) is 38.8 Å². The Morgan fingerprint density at radius 3 is 2.85 bits per heavy atom. The number of amides is 2. The third-order valence-electron chi connectivity index (χ3n) is 3.97. The predicted octanol–water partition coefficient (Wildman–Crippen LogP) is 2.50. The Morgan fingerprint density at radius 2 is 2.25 bits per heavy atom. The topological polar surface area (TPSA) is 78.4 Å². The van der Waals surface area contributed by atoms with E-state index in [2.05, 4.69) is 10.6 Å². The third-order valence-corrected chi connectivity index (χ3v) is 4.97. The summed E-state index contributed by atoms with van der Waals surface area (Å²) in [6.45, 7) is 4.20. The lowest BCUT2D eigenvalue weighted by Gasteiger charge is -2.27.